The van der Waals surface area contributed by atoms with Gasteiger partial charge in [0, 0.05) is 5.78 Å². The highest BCUT2D eigenvalue weighted by molar-refractivity contribution is 7.17. The lowest BCUT2D eigenvalue weighted by Crippen LogP contribution is -2.18. The lowest BCUT2D eigenvalue weighted by molar-refractivity contribution is 0.720. The first-order chi connectivity index (χ1) is 2.77. The number of hydrogen-bond acceptors (Lipinski definition) is 1. The van der Waals surface area contributed by atoms with E-state index in [1.54, 1.807) is 0 Å². The zero-order chi connectivity index (χ0) is 4.99. The highest BCUT2D eigenvalue weighted by Gasteiger charge is 1.82. The van der Waals surface area contributed by atoms with E-state index in [9.17, 15) is 0 Å². The summed E-state index contributed by atoms with van der Waals surface area (Å²) in [6.45, 7) is 5.26. The molecule has 0 saturated carbocycles. The Hall–Kier alpha value is 0.390. The molecule has 0 aliphatic rings. The van der Waals surface area contributed by atoms with Crippen LogP contribution in [0.2, 0.25) is 0 Å². The Labute approximate surface area is 41.7 Å². The van der Waals surface area contributed by atoms with Gasteiger partial charge in [-0.3, -0.25) is 0 Å². The molecule has 2 heteroatoms. The minimum atomic E-state index is 0.565. The van der Waals surface area contributed by atoms with Gasteiger partial charge in [0.25, 0.3) is 0 Å². The van der Waals surface area contributed by atoms with Gasteiger partial charge in [0.2, 0.25) is 0 Å². The van der Waals surface area contributed by atoms with Crippen LogP contribution in [0.3, 0.4) is 0 Å². The summed E-state index contributed by atoms with van der Waals surface area (Å²) < 4.78 is 0. The van der Waals surface area contributed by atoms with Crippen molar-refractivity contribution in [3.63, 3.8) is 0 Å². The van der Waals surface area contributed by atoms with Crippen LogP contribution in [0.5, 0.6) is 0 Å². The third-order valence-electron chi connectivity index (χ3n) is 0.526. The van der Waals surface area contributed by atoms with Crippen molar-refractivity contribution in [2.24, 2.45) is 0 Å². The second kappa shape index (κ2) is 3.58. The van der Waals surface area contributed by atoms with Crippen LogP contribution in [0.1, 0.15) is 13.8 Å². The summed E-state index contributed by atoms with van der Waals surface area (Å²) in [6.07, 6.45) is 0. The van der Waals surface area contributed by atoms with E-state index in [1.165, 1.54) is 0 Å². The quantitative estimate of drug-likeness (QED) is 0.512. The molecule has 0 aliphatic heterocycles. The molecular formula is C4H12NP. The van der Waals surface area contributed by atoms with E-state index in [0.29, 0.717) is 5.78 Å². The van der Waals surface area contributed by atoms with Crippen LogP contribution in [-0.2, 0) is 0 Å². The Morgan fingerprint density at radius 2 is 2.33 bits per heavy atom. The third-order valence-corrected chi connectivity index (χ3v) is 0.762. The topological polar surface area (TPSA) is 12.0 Å². The van der Waals surface area contributed by atoms with Crippen LogP contribution in [0.25, 0.3) is 0 Å². The monoisotopic (exact) mass is 105 g/mol. The fraction of sp³-hybridized carbons (Fsp3) is 1.00. The summed E-state index contributed by atoms with van der Waals surface area (Å²) in [5.74, 6) is 0.565. The minimum Gasteiger partial charge on any atom is -0.311 e. The molecule has 0 aromatic rings. The Morgan fingerprint density at radius 1 is 1.83 bits per heavy atom. The Bertz CT molecular complexity index is 28.7. The van der Waals surface area contributed by atoms with Crippen molar-refractivity contribution < 1.29 is 0 Å². The Morgan fingerprint density at radius 3 is 2.33 bits per heavy atom. The smallest absolute Gasteiger partial charge is 0.0183 e. The molecule has 0 aliphatic carbocycles. The second-order valence-corrected chi connectivity index (χ2v) is 2.35. The lowest BCUT2D eigenvalue weighted by atomic mass is 10.7. The molecule has 0 heterocycles. The van der Waals surface area contributed by atoms with Gasteiger partial charge >= 0.3 is 0 Å². The van der Waals surface area contributed by atoms with Crippen molar-refractivity contribution in [2.45, 2.75) is 19.6 Å². The van der Waals surface area contributed by atoms with Gasteiger partial charge < -0.3 is 5.32 Å². The van der Waals surface area contributed by atoms with Gasteiger partial charge in [0.15, 0.2) is 0 Å². The average molecular weight is 105 g/mol. The number of hydrogen-bond donors (Lipinski definition) is 1. The van der Waals surface area contributed by atoms with E-state index in [4.69, 9.17) is 0 Å². The molecule has 0 spiro atoms. The van der Waals surface area contributed by atoms with Crippen molar-refractivity contribution in [2.75, 3.05) is 6.54 Å². The predicted molar refractivity (Wildman–Crippen MR) is 32.8 cm³/mol. The zero-order valence-corrected chi connectivity index (χ0v) is 5.52. The maximum Gasteiger partial charge on any atom is 0.0183 e. The lowest BCUT2D eigenvalue weighted by Gasteiger charge is -2.00. The standard InChI is InChI=1S/C4H12NP/c1-3-5-4(2)6/h4-5H,3,6H2,1-2H3. The first-order valence-corrected chi connectivity index (χ1v) is 2.93. The highest BCUT2D eigenvalue weighted by atomic mass is 31.0. The molecule has 1 N–H and O–H groups in total. The Balaban J connectivity index is 2.63. The molecule has 0 rings (SSSR count). The van der Waals surface area contributed by atoms with E-state index >= 15 is 0 Å². The zero-order valence-electron chi connectivity index (χ0n) is 4.36. The van der Waals surface area contributed by atoms with Crippen molar-refractivity contribution in [1.82, 2.24) is 5.32 Å². The fourth-order valence-corrected chi connectivity index (χ4v) is 0.558. The van der Waals surface area contributed by atoms with E-state index < -0.39 is 0 Å². The summed E-state index contributed by atoms with van der Waals surface area (Å²) in [5.41, 5.74) is 0. The van der Waals surface area contributed by atoms with Crippen molar-refractivity contribution in [3.05, 3.63) is 0 Å². The summed E-state index contributed by atoms with van der Waals surface area (Å²) >= 11 is 0. The molecule has 0 bridgehead atoms. The SMILES string of the molecule is CCNC(C)P. The van der Waals surface area contributed by atoms with Gasteiger partial charge in [-0.1, -0.05) is 6.92 Å². The Kier molecular flexibility index (Phi) is 3.81. The molecule has 0 amide bonds. The maximum atomic E-state index is 3.17. The van der Waals surface area contributed by atoms with E-state index in [1.807, 2.05) is 0 Å². The van der Waals surface area contributed by atoms with Crippen LogP contribution in [0.4, 0.5) is 0 Å². The minimum absolute atomic E-state index is 0.565. The van der Waals surface area contributed by atoms with Crippen LogP contribution < -0.4 is 5.32 Å². The fourth-order valence-electron chi connectivity index (χ4n) is 0.322. The largest absolute Gasteiger partial charge is 0.311 e. The molecule has 2 unspecified atom stereocenters. The molecule has 0 fully saturated rings. The van der Waals surface area contributed by atoms with Crippen LogP contribution in [-0.4, -0.2) is 12.3 Å². The molecule has 0 radical (unpaired) electrons. The third kappa shape index (κ3) is 4.39. The summed E-state index contributed by atoms with van der Waals surface area (Å²) in [4.78, 5) is 0. The first kappa shape index (κ1) is 6.39. The molecule has 2 atom stereocenters. The molecular weight excluding hydrogens is 93.0 g/mol. The van der Waals surface area contributed by atoms with Crippen molar-refractivity contribution in [3.8, 4) is 0 Å². The maximum absolute atomic E-state index is 3.17. The molecule has 0 aromatic carbocycles. The summed E-state index contributed by atoms with van der Waals surface area (Å²) in [5, 5.41) is 3.17. The van der Waals surface area contributed by atoms with Crippen LogP contribution >= 0.6 is 9.24 Å². The van der Waals surface area contributed by atoms with Crippen molar-refractivity contribution in [1.29, 1.82) is 0 Å². The van der Waals surface area contributed by atoms with Crippen LogP contribution in [0.15, 0.2) is 0 Å². The average Bonchev–Trinajstić information content (AvgIpc) is 1.35. The summed E-state index contributed by atoms with van der Waals surface area (Å²) in [7, 11) is 2.67. The van der Waals surface area contributed by atoms with E-state index in [2.05, 4.69) is 28.4 Å². The van der Waals surface area contributed by atoms with Gasteiger partial charge in [-0.25, -0.2) is 0 Å². The molecule has 1 nitrogen and oxygen atoms in total. The van der Waals surface area contributed by atoms with Gasteiger partial charge in [0.05, 0.1) is 0 Å². The van der Waals surface area contributed by atoms with Gasteiger partial charge in [0.1, 0.15) is 0 Å². The number of nitrogens with one attached hydrogen (secondary N) is 1. The van der Waals surface area contributed by atoms with E-state index in [0.717, 1.165) is 6.54 Å². The number of rotatable bonds is 2. The molecule has 6 heavy (non-hydrogen) atoms. The van der Waals surface area contributed by atoms with Gasteiger partial charge in [-0.05, 0) is 13.5 Å². The van der Waals surface area contributed by atoms with Crippen LogP contribution in [0, 0.1) is 0 Å². The second-order valence-electron chi connectivity index (χ2n) is 1.35. The molecule has 38 valence electrons. The van der Waals surface area contributed by atoms with E-state index in [-0.39, 0.29) is 0 Å². The first-order valence-electron chi connectivity index (χ1n) is 2.26. The highest BCUT2D eigenvalue weighted by Crippen LogP contribution is 1.88. The predicted octanol–water partition coefficient (Wildman–Crippen LogP) is 0.817. The molecule has 0 aromatic heterocycles. The summed E-state index contributed by atoms with van der Waals surface area (Å²) in [6, 6.07) is 0. The van der Waals surface area contributed by atoms with Gasteiger partial charge in [-0.2, -0.15) is 0 Å². The van der Waals surface area contributed by atoms with Crippen molar-refractivity contribution >= 4 is 9.24 Å². The molecule has 0 saturated heterocycles. The van der Waals surface area contributed by atoms with Gasteiger partial charge in [-0.15, -0.1) is 9.24 Å². The normalized spacial score (nSPS) is 14.5.